The smallest absolute Gasteiger partial charge is 0.384 e. The number of hydrogen-bond acceptors (Lipinski definition) is 3. The third-order valence-electron chi connectivity index (χ3n) is 2.85. The number of halogens is 3. The molecule has 0 fully saturated rings. The van der Waals surface area contributed by atoms with Crippen molar-refractivity contribution in [2.24, 2.45) is 0 Å². The van der Waals surface area contributed by atoms with E-state index in [9.17, 15) is 21.6 Å². The first-order chi connectivity index (χ1) is 8.95. The molecule has 0 saturated carbocycles. The van der Waals surface area contributed by atoms with E-state index in [1.807, 2.05) is 0 Å². The monoisotopic (exact) mass is 309 g/mol. The molecule has 0 radical (unpaired) electrons. The van der Waals surface area contributed by atoms with Crippen molar-refractivity contribution in [2.75, 3.05) is 17.6 Å². The molecule has 0 aliphatic rings. The topological polar surface area (TPSA) is 46.2 Å². The third kappa shape index (κ3) is 4.13. The quantitative estimate of drug-likeness (QED) is 0.928. The van der Waals surface area contributed by atoms with Gasteiger partial charge in [-0.2, -0.15) is 13.2 Å². The summed E-state index contributed by atoms with van der Waals surface area (Å²) in [5.41, 5.74) is -0.905. The van der Waals surface area contributed by atoms with Gasteiger partial charge in [0.1, 0.15) is 0 Å². The maximum atomic E-state index is 12.7. The molecule has 20 heavy (non-hydrogen) atoms. The lowest BCUT2D eigenvalue weighted by Gasteiger charge is -2.20. The zero-order valence-electron chi connectivity index (χ0n) is 11.6. The average molecular weight is 309 g/mol. The highest BCUT2D eigenvalue weighted by atomic mass is 32.2. The largest absolute Gasteiger partial charge is 0.418 e. The molecule has 0 unspecified atom stereocenters. The maximum absolute atomic E-state index is 12.7. The van der Waals surface area contributed by atoms with E-state index in [2.05, 4.69) is 5.32 Å². The van der Waals surface area contributed by atoms with Crippen LogP contribution in [0.25, 0.3) is 0 Å². The zero-order chi connectivity index (χ0) is 15.6. The van der Waals surface area contributed by atoms with Crippen LogP contribution in [0.4, 0.5) is 18.9 Å². The van der Waals surface area contributed by atoms with Gasteiger partial charge in [-0.3, -0.25) is 0 Å². The molecule has 0 spiro atoms. The minimum Gasteiger partial charge on any atom is -0.384 e. The summed E-state index contributed by atoms with van der Waals surface area (Å²) in [5, 5.41) is 2.55. The molecule has 1 rings (SSSR count). The summed E-state index contributed by atoms with van der Waals surface area (Å²) in [7, 11) is -3.36. The van der Waals surface area contributed by atoms with Crippen molar-refractivity contribution in [1.82, 2.24) is 0 Å². The van der Waals surface area contributed by atoms with Gasteiger partial charge in [0.25, 0.3) is 0 Å². The van der Waals surface area contributed by atoms with Crippen molar-refractivity contribution in [3.05, 3.63) is 29.8 Å². The molecule has 0 aliphatic heterocycles. The molecule has 0 atom stereocenters. The van der Waals surface area contributed by atoms with Crippen molar-refractivity contribution >= 4 is 15.5 Å². The molecular weight excluding hydrogens is 291 g/mol. The lowest BCUT2D eigenvalue weighted by Crippen LogP contribution is -2.33. The van der Waals surface area contributed by atoms with Gasteiger partial charge in [0.15, 0.2) is 9.84 Å². The van der Waals surface area contributed by atoms with Gasteiger partial charge >= 0.3 is 6.18 Å². The molecular formula is C13H18F3NO2S. The fourth-order valence-electron chi connectivity index (χ4n) is 1.51. The van der Waals surface area contributed by atoms with Gasteiger partial charge in [0, 0.05) is 12.2 Å². The van der Waals surface area contributed by atoms with E-state index in [0.29, 0.717) is 0 Å². The molecule has 0 aliphatic carbocycles. The van der Waals surface area contributed by atoms with E-state index in [0.717, 1.165) is 6.07 Å². The Morgan fingerprint density at radius 2 is 1.65 bits per heavy atom. The predicted octanol–water partition coefficient (Wildman–Crippen LogP) is 3.33. The molecule has 1 aromatic carbocycles. The van der Waals surface area contributed by atoms with E-state index < -0.39 is 26.3 Å². The molecule has 0 amide bonds. The Kier molecular flexibility index (Phi) is 4.74. The highest BCUT2D eigenvalue weighted by Crippen LogP contribution is 2.34. The molecule has 1 N–H and O–H groups in total. The minimum absolute atomic E-state index is 0.0628. The number of anilines is 1. The molecule has 0 heterocycles. The van der Waals surface area contributed by atoms with E-state index in [-0.39, 0.29) is 18.0 Å². The fourth-order valence-corrected chi connectivity index (χ4v) is 2.49. The lowest BCUT2D eigenvalue weighted by atomic mass is 10.1. The zero-order valence-corrected chi connectivity index (χ0v) is 12.4. The van der Waals surface area contributed by atoms with Crippen LogP contribution in [0.1, 0.15) is 26.3 Å². The summed E-state index contributed by atoms with van der Waals surface area (Å²) in [5.74, 6) is -0.220. The molecule has 0 bridgehead atoms. The summed E-state index contributed by atoms with van der Waals surface area (Å²) in [4.78, 5) is 0. The molecule has 3 nitrogen and oxygen atoms in total. The highest BCUT2D eigenvalue weighted by molar-refractivity contribution is 7.92. The first kappa shape index (κ1) is 16.8. The number of benzene rings is 1. The molecule has 7 heteroatoms. The van der Waals surface area contributed by atoms with Crippen LogP contribution in [0.2, 0.25) is 0 Å². The summed E-state index contributed by atoms with van der Waals surface area (Å²) in [6, 6.07) is 5.00. The number of rotatable bonds is 4. The SMILES string of the molecule is CC(C)(C)S(=O)(=O)CCNc1ccccc1C(F)(F)F. The average Bonchev–Trinajstić information content (AvgIpc) is 2.26. The van der Waals surface area contributed by atoms with Crippen molar-refractivity contribution in [3.8, 4) is 0 Å². The van der Waals surface area contributed by atoms with Gasteiger partial charge in [-0.05, 0) is 32.9 Å². The summed E-state index contributed by atoms with van der Waals surface area (Å²) < 4.78 is 61.0. The fraction of sp³-hybridized carbons (Fsp3) is 0.538. The molecule has 1 aromatic rings. The van der Waals surface area contributed by atoms with Gasteiger partial charge in [0.2, 0.25) is 0 Å². The second-order valence-corrected chi connectivity index (χ2v) is 8.26. The third-order valence-corrected chi connectivity index (χ3v) is 5.46. The first-order valence-corrected chi connectivity index (χ1v) is 7.73. The van der Waals surface area contributed by atoms with Gasteiger partial charge < -0.3 is 5.32 Å². The standard InChI is InChI=1S/C13H18F3NO2S/c1-12(2,3)20(18,19)9-8-17-11-7-5-4-6-10(11)13(14,15)16/h4-7,17H,8-9H2,1-3H3. The van der Waals surface area contributed by atoms with Crippen LogP contribution in [0.5, 0.6) is 0 Å². The van der Waals surface area contributed by atoms with Crippen molar-refractivity contribution < 1.29 is 21.6 Å². The van der Waals surface area contributed by atoms with E-state index in [1.54, 1.807) is 20.8 Å². The Balaban J connectivity index is 2.78. The van der Waals surface area contributed by atoms with Crippen molar-refractivity contribution in [2.45, 2.75) is 31.7 Å². The van der Waals surface area contributed by atoms with Crippen LogP contribution in [-0.2, 0) is 16.0 Å². The predicted molar refractivity (Wildman–Crippen MR) is 73.5 cm³/mol. The highest BCUT2D eigenvalue weighted by Gasteiger charge is 2.33. The second kappa shape index (κ2) is 5.63. The number of alkyl halides is 3. The lowest BCUT2D eigenvalue weighted by molar-refractivity contribution is -0.136. The first-order valence-electron chi connectivity index (χ1n) is 6.07. The van der Waals surface area contributed by atoms with Crippen LogP contribution in [-0.4, -0.2) is 25.5 Å². The van der Waals surface area contributed by atoms with Crippen LogP contribution in [0, 0.1) is 0 Å². The van der Waals surface area contributed by atoms with Crippen LogP contribution < -0.4 is 5.32 Å². The van der Waals surface area contributed by atoms with Crippen LogP contribution in [0.3, 0.4) is 0 Å². The maximum Gasteiger partial charge on any atom is 0.418 e. The summed E-state index contributed by atoms with van der Waals surface area (Å²) >= 11 is 0. The Morgan fingerprint density at radius 3 is 2.15 bits per heavy atom. The van der Waals surface area contributed by atoms with Crippen molar-refractivity contribution in [3.63, 3.8) is 0 Å². The van der Waals surface area contributed by atoms with Gasteiger partial charge in [-0.1, -0.05) is 12.1 Å². The van der Waals surface area contributed by atoms with Gasteiger partial charge in [-0.15, -0.1) is 0 Å². The summed E-state index contributed by atoms with van der Waals surface area (Å²) in [6.07, 6.45) is -4.47. The van der Waals surface area contributed by atoms with E-state index in [4.69, 9.17) is 0 Å². The van der Waals surface area contributed by atoms with Crippen molar-refractivity contribution in [1.29, 1.82) is 0 Å². The van der Waals surface area contributed by atoms with Crippen LogP contribution >= 0.6 is 0 Å². The number of hydrogen-bond donors (Lipinski definition) is 1. The Hall–Kier alpha value is -1.24. The minimum atomic E-state index is -4.47. The Morgan fingerprint density at radius 1 is 1.10 bits per heavy atom. The van der Waals surface area contributed by atoms with Gasteiger partial charge in [0.05, 0.1) is 16.1 Å². The summed E-state index contributed by atoms with van der Waals surface area (Å²) in [6.45, 7) is 4.62. The van der Waals surface area contributed by atoms with Gasteiger partial charge in [-0.25, -0.2) is 8.42 Å². The molecule has 0 saturated heterocycles. The normalized spacial score (nSPS) is 13.3. The molecule has 114 valence electrons. The van der Waals surface area contributed by atoms with E-state index in [1.165, 1.54) is 18.2 Å². The second-order valence-electron chi connectivity index (χ2n) is 5.40. The molecule has 0 aromatic heterocycles. The number of para-hydroxylation sites is 1. The number of sulfone groups is 1. The Bertz CT molecular complexity index is 560. The number of nitrogens with one attached hydrogen (secondary N) is 1. The van der Waals surface area contributed by atoms with E-state index >= 15 is 0 Å². The Labute approximate surface area is 117 Å². The van der Waals surface area contributed by atoms with Crippen LogP contribution in [0.15, 0.2) is 24.3 Å².